The molecule has 0 fully saturated rings. The molecular formula is C19H17NO6. The lowest BCUT2D eigenvalue weighted by Gasteiger charge is -2.10. The third-order valence-electron chi connectivity index (χ3n) is 3.30. The van der Waals surface area contributed by atoms with Gasteiger partial charge in [0.05, 0.1) is 18.4 Å². The summed E-state index contributed by atoms with van der Waals surface area (Å²) in [7, 11) is 1.44. The molecule has 0 atom stereocenters. The van der Waals surface area contributed by atoms with Crippen LogP contribution in [0.2, 0.25) is 0 Å². The number of esters is 1. The summed E-state index contributed by atoms with van der Waals surface area (Å²) < 4.78 is 10.3. The monoisotopic (exact) mass is 355 g/mol. The molecule has 0 saturated carbocycles. The number of hydrogen-bond donors (Lipinski definition) is 2. The molecule has 7 heteroatoms. The number of carbonyl (C=O) groups excluding carboxylic acids is 2. The summed E-state index contributed by atoms with van der Waals surface area (Å²) in [6.45, 7) is 1.26. The van der Waals surface area contributed by atoms with Crippen LogP contribution in [0.3, 0.4) is 0 Å². The first-order valence-corrected chi connectivity index (χ1v) is 7.59. The van der Waals surface area contributed by atoms with E-state index in [2.05, 4.69) is 5.32 Å². The van der Waals surface area contributed by atoms with E-state index in [0.717, 1.165) is 0 Å². The van der Waals surface area contributed by atoms with Crippen LogP contribution >= 0.6 is 0 Å². The minimum absolute atomic E-state index is 0.0174. The van der Waals surface area contributed by atoms with Crippen molar-refractivity contribution in [2.75, 3.05) is 12.4 Å². The van der Waals surface area contributed by atoms with Crippen LogP contribution in [0.5, 0.6) is 11.5 Å². The highest BCUT2D eigenvalue weighted by atomic mass is 16.6. The zero-order valence-corrected chi connectivity index (χ0v) is 14.2. The van der Waals surface area contributed by atoms with Gasteiger partial charge in [0.2, 0.25) is 5.91 Å². The fourth-order valence-electron chi connectivity index (χ4n) is 2.20. The molecule has 134 valence electrons. The Bertz CT molecular complexity index is 872. The van der Waals surface area contributed by atoms with Crippen molar-refractivity contribution in [3.63, 3.8) is 0 Å². The first kappa shape index (κ1) is 18.7. The number of amides is 1. The number of aromatic carboxylic acids is 1. The molecule has 1 amide bonds. The van der Waals surface area contributed by atoms with Crippen molar-refractivity contribution in [1.82, 2.24) is 0 Å². The van der Waals surface area contributed by atoms with Gasteiger partial charge in [-0.1, -0.05) is 24.3 Å². The van der Waals surface area contributed by atoms with Crippen LogP contribution in [0.4, 0.5) is 5.69 Å². The van der Waals surface area contributed by atoms with Crippen molar-refractivity contribution < 1.29 is 29.0 Å². The van der Waals surface area contributed by atoms with E-state index in [1.165, 1.54) is 38.3 Å². The van der Waals surface area contributed by atoms with Crippen molar-refractivity contribution in [3.05, 3.63) is 59.7 Å². The Morgan fingerprint density at radius 2 is 1.81 bits per heavy atom. The molecule has 0 radical (unpaired) electrons. The smallest absolute Gasteiger partial charge is 0.337 e. The normalized spacial score (nSPS) is 10.4. The standard InChI is InChI=1S/C19H17NO6/c1-12(21)26-18-13(6-5-9-16(18)25-2)10-11-17(22)20-15-8-4-3-7-14(15)19(23)24/h3-11H,1-2H3,(H,20,22)(H,23,24). The number of carbonyl (C=O) groups is 3. The highest BCUT2D eigenvalue weighted by Crippen LogP contribution is 2.32. The lowest BCUT2D eigenvalue weighted by molar-refractivity contribution is -0.132. The minimum atomic E-state index is -1.14. The molecule has 7 nitrogen and oxygen atoms in total. The summed E-state index contributed by atoms with van der Waals surface area (Å²) in [4.78, 5) is 34.6. The molecule has 0 aliphatic rings. The van der Waals surface area contributed by atoms with Gasteiger partial charge in [-0.05, 0) is 24.3 Å². The average molecular weight is 355 g/mol. The number of carboxylic acid groups (broad SMARTS) is 1. The SMILES string of the molecule is COc1cccc(C=CC(=O)Nc2ccccc2C(=O)O)c1OC(C)=O. The van der Waals surface area contributed by atoms with Crippen LogP contribution in [0.1, 0.15) is 22.8 Å². The van der Waals surface area contributed by atoms with Crippen LogP contribution < -0.4 is 14.8 Å². The second-order valence-corrected chi connectivity index (χ2v) is 5.15. The summed E-state index contributed by atoms with van der Waals surface area (Å²) in [5.41, 5.74) is 0.623. The van der Waals surface area contributed by atoms with Gasteiger partial charge in [-0.25, -0.2) is 4.79 Å². The topological polar surface area (TPSA) is 102 Å². The maximum absolute atomic E-state index is 12.1. The number of hydrogen-bond acceptors (Lipinski definition) is 5. The number of methoxy groups -OCH3 is 1. The van der Waals surface area contributed by atoms with Crippen molar-refractivity contribution in [3.8, 4) is 11.5 Å². The highest BCUT2D eigenvalue weighted by Gasteiger charge is 2.12. The average Bonchev–Trinajstić information content (AvgIpc) is 2.60. The zero-order chi connectivity index (χ0) is 19.1. The number of rotatable bonds is 6. The van der Waals surface area contributed by atoms with Gasteiger partial charge in [-0.2, -0.15) is 0 Å². The lowest BCUT2D eigenvalue weighted by Crippen LogP contribution is -2.12. The third kappa shape index (κ3) is 4.70. The van der Waals surface area contributed by atoms with E-state index in [1.54, 1.807) is 30.3 Å². The van der Waals surface area contributed by atoms with Crippen LogP contribution in [0.25, 0.3) is 6.08 Å². The van der Waals surface area contributed by atoms with Gasteiger partial charge < -0.3 is 19.9 Å². The van der Waals surface area contributed by atoms with E-state index in [9.17, 15) is 14.4 Å². The molecule has 26 heavy (non-hydrogen) atoms. The molecule has 2 rings (SSSR count). The molecular weight excluding hydrogens is 338 g/mol. The number of para-hydroxylation sites is 2. The third-order valence-corrected chi connectivity index (χ3v) is 3.30. The molecule has 0 bridgehead atoms. The number of ether oxygens (including phenoxy) is 2. The molecule has 0 aliphatic heterocycles. The fourth-order valence-corrected chi connectivity index (χ4v) is 2.20. The first-order chi connectivity index (χ1) is 12.4. The van der Waals surface area contributed by atoms with Crippen molar-refractivity contribution in [2.45, 2.75) is 6.92 Å². The van der Waals surface area contributed by atoms with E-state index < -0.39 is 17.8 Å². The van der Waals surface area contributed by atoms with Crippen LogP contribution in [-0.4, -0.2) is 30.1 Å². The molecule has 0 saturated heterocycles. The zero-order valence-electron chi connectivity index (χ0n) is 14.2. The summed E-state index contributed by atoms with van der Waals surface area (Å²) >= 11 is 0. The summed E-state index contributed by atoms with van der Waals surface area (Å²) in [6, 6.07) is 11.0. The second-order valence-electron chi connectivity index (χ2n) is 5.15. The van der Waals surface area contributed by atoms with E-state index in [1.807, 2.05) is 0 Å². The predicted molar refractivity (Wildman–Crippen MR) is 95.4 cm³/mol. The Balaban J connectivity index is 2.24. The van der Waals surface area contributed by atoms with Crippen LogP contribution in [-0.2, 0) is 9.59 Å². The maximum Gasteiger partial charge on any atom is 0.337 e. The van der Waals surface area contributed by atoms with Gasteiger partial charge in [-0.3, -0.25) is 9.59 Å². The quantitative estimate of drug-likeness (QED) is 0.469. The summed E-state index contributed by atoms with van der Waals surface area (Å²) in [5.74, 6) is -1.66. The van der Waals surface area contributed by atoms with Crippen molar-refractivity contribution in [1.29, 1.82) is 0 Å². The Kier molecular flexibility index (Phi) is 6.10. The Morgan fingerprint density at radius 3 is 2.46 bits per heavy atom. The molecule has 0 heterocycles. The Morgan fingerprint density at radius 1 is 1.08 bits per heavy atom. The van der Waals surface area contributed by atoms with E-state index in [-0.39, 0.29) is 17.0 Å². The van der Waals surface area contributed by atoms with Gasteiger partial charge >= 0.3 is 11.9 Å². The van der Waals surface area contributed by atoms with Gasteiger partial charge in [0.15, 0.2) is 11.5 Å². The van der Waals surface area contributed by atoms with Crippen molar-refractivity contribution >= 4 is 29.6 Å². The largest absolute Gasteiger partial charge is 0.493 e. The van der Waals surface area contributed by atoms with E-state index >= 15 is 0 Å². The molecule has 2 aromatic carbocycles. The molecule has 0 aliphatic carbocycles. The second kappa shape index (κ2) is 8.48. The Labute approximate surface area is 149 Å². The van der Waals surface area contributed by atoms with Crippen LogP contribution in [0.15, 0.2) is 48.5 Å². The summed E-state index contributed by atoms with van der Waals surface area (Å²) in [6.07, 6.45) is 2.65. The first-order valence-electron chi connectivity index (χ1n) is 7.59. The van der Waals surface area contributed by atoms with Gasteiger partial charge in [0.25, 0.3) is 0 Å². The molecule has 0 unspecified atom stereocenters. The van der Waals surface area contributed by atoms with Gasteiger partial charge in [0.1, 0.15) is 0 Å². The molecule has 0 aromatic heterocycles. The number of anilines is 1. The Hall–Kier alpha value is -3.61. The number of nitrogens with one attached hydrogen (secondary N) is 1. The molecule has 0 spiro atoms. The number of benzene rings is 2. The summed E-state index contributed by atoms with van der Waals surface area (Å²) in [5, 5.41) is 11.6. The minimum Gasteiger partial charge on any atom is -0.493 e. The van der Waals surface area contributed by atoms with Gasteiger partial charge in [0, 0.05) is 18.6 Å². The lowest BCUT2D eigenvalue weighted by atomic mass is 10.1. The fraction of sp³-hybridized carbons (Fsp3) is 0.105. The van der Waals surface area contributed by atoms with Crippen LogP contribution in [0, 0.1) is 0 Å². The maximum atomic E-state index is 12.1. The van der Waals surface area contributed by atoms with E-state index in [4.69, 9.17) is 14.6 Å². The number of carboxylic acids is 1. The molecule has 2 aromatic rings. The molecule has 2 N–H and O–H groups in total. The van der Waals surface area contributed by atoms with E-state index in [0.29, 0.717) is 11.3 Å². The predicted octanol–water partition coefficient (Wildman–Crippen LogP) is 2.97. The highest BCUT2D eigenvalue weighted by molar-refractivity contribution is 6.06. The van der Waals surface area contributed by atoms with Crippen molar-refractivity contribution in [2.24, 2.45) is 0 Å². The van der Waals surface area contributed by atoms with Gasteiger partial charge in [-0.15, -0.1) is 0 Å².